The van der Waals surface area contributed by atoms with Crippen molar-refractivity contribution < 1.29 is 84.5 Å². The van der Waals surface area contributed by atoms with Crippen LogP contribution in [0.15, 0.2) is 11.7 Å². The Balaban J connectivity index is 2.85. The summed E-state index contributed by atoms with van der Waals surface area (Å²) in [5.74, 6) is -53.3. The molecule has 0 atom stereocenters. The maximum Gasteiger partial charge on any atom is 0.339 e. The number of rotatable bonds is 2. The molecular weight excluding hydrogens is 511 g/mol. The number of alkyl halides is 15. The minimum Gasteiger partial charge on any atom is -0.478 e. The van der Waals surface area contributed by atoms with E-state index in [1.165, 1.54) is 0 Å². The molecule has 32 heavy (non-hydrogen) atoms. The topological polar surface area (TPSA) is 37.3 Å². The van der Waals surface area contributed by atoms with Crippen LogP contribution in [-0.4, -0.2) is 63.6 Å². The maximum absolute atomic E-state index is 14.7. The molecule has 4 saturated carbocycles. The van der Waals surface area contributed by atoms with Crippen molar-refractivity contribution in [3.05, 3.63) is 11.7 Å². The molecule has 0 radical (unpaired) electrons. The second kappa shape index (κ2) is 5.07. The molecule has 0 aromatic heterocycles. The Bertz CT molecular complexity index is 846. The van der Waals surface area contributed by atoms with Gasteiger partial charge in [-0.05, 0) is 0 Å². The summed E-state index contributed by atoms with van der Waals surface area (Å²) >= 11 is 0. The van der Waals surface area contributed by atoms with Crippen molar-refractivity contribution in [1.82, 2.24) is 0 Å². The minimum absolute atomic E-state index is 4.16. The molecule has 0 aromatic carbocycles. The van der Waals surface area contributed by atoms with E-state index in [0.717, 1.165) is 0 Å². The Morgan fingerprint density at radius 1 is 0.469 bits per heavy atom. The Morgan fingerprint density at radius 3 is 0.844 bits per heavy atom. The van der Waals surface area contributed by atoms with Crippen molar-refractivity contribution in [2.45, 2.75) is 52.5 Å². The average molecular weight is 512 g/mol. The number of halogens is 17. The van der Waals surface area contributed by atoms with Crippen LogP contribution in [0, 0.1) is 5.41 Å². The summed E-state index contributed by atoms with van der Waals surface area (Å²) < 4.78 is 242. The summed E-state index contributed by atoms with van der Waals surface area (Å²) in [6.07, 6.45) is -4.72. The van der Waals surface area contributed by atoms with Gasteiger partial charge in [-0.25, -0.2) is 44.3 Å². The first-order chi connectivity index (χ1) is 13.8. The summed E-state index contributed by atoms with van der Waals surface area (Å²) in [7, 11) is 0. The second-order valence-corrected chi connectivity index (χ2v) is 7.11. The van der Waals surface area contributed by atoms with Crippen molar-refractivity contribution in [2.75, 3.05) is 0 Å². The molecule has 0 amide bonds. The van der Waals surface area contributed by atoms with Gasteiger partial charge in [0, 0.05) is 0 Å². The lowest BCUT2D eigenvalue weighted by Gasteiger charge is -2.75. The highest BCUT2D eigenvalue weighted by molar-refractivity contribution is 5.90. The molecule has 0 saturated heterocycles. The van der Waals surface area contributed by atoms with Crippen LogP contribution >= 0.6 is 0 Å². The van der Waals surface area contributed by atoms with E-state index in [9.17, 15) is 79.4 Å². The first-order valence-electron chi connectivity index (χ1n) is 7.39. The lowest BCUT2D eigenvalue weighted by atomic mass is 9.35. The second-order valence-electron chi connectivity index (χ2n) is 7.11. The monoisotopic (exact) mass is 512 g/mol. The molecule has 0 heterocycles. The molecule has 0 aromatic rings. The number of carboxylic acids is 1. The minimum atomic E-state index is -8.22. The number of aliphatic carboxylic acids is 1. The van der Waals surface area contributed by atoms with Crippen LogP contribution in [0.2, 0.25) is 0 Å². The highest BCUT2D eigenvalue weighted by Gasteiger charge is 3.23. The van der Waals surface area contributed by atoms with Gasteiger partial charge < -0.3 is 5.11 Å². The first kappa shape index (κ1) is 24.7. The van der Waals surface area contributed by atoms with E-state index in [4.69, 9.17) is 5.11 Å². The standard InChI is InChI=1S/C13HF17O2/c14-2(15)1(3(31)32)4-8(19,20)5(16)11(25,26)6(17,9(4,21)22)13(29,30)7(18,10(4,23)24)12(5,27)28/h(H,31,32). The molecule has 19 heteroatoms. The number of hydrogen-bond acceptors (Lipinski definition) is 1. The number of carboxylic acid groups (broad SMARTS) is 1. The van der Waals surface area contributed by atoms with Crippen molar-refractivity contribution in [1.29, 1.82) is 0 Å². The normalized spacial score (nSPS) is 45.4. The molecular formula is C13HF17O2. The highest BCUT2D eigenvalue weighted by atomic mass is 19.3. The Kier molecular flexibility index (Phi) is 3.91. The molecule has 4 aliphatic carbocycles. The zero-order chi connectivity index (χ0) is 25.7. The zero-order valence-electron chi connectivity index (χ0n) is 13.8. The van der Waals surface area contributed by atoms with E-state index in [-0.39, 0.29) is 0 Å². The predicted molar refractivity (Wildman–Crippen MR) is 60.5 cm³/mol. The summed E-state index contributed by atoms with van der Waals surface area (Å²) in [6, 6.07) is 0. The van der Waals surface area contributed by atoms with E-state index in [1.54, 1.807) is 0 Å². The van der Waals surface area contributed by atoms with Crippen molar-refractivity contribution in [2.24, 2.45) is 5.41 Å². The smallest absolute Gasteiger partial charge is 0.339 e. The molecule has 4 aliphatic rings. The van der Waals surface area contributed by atoms with Crippen molar-refractivity contribution >= 4 is 5.97 Å². The summed E-state index contributed by atoms with van der Waals surface area (Å²) in [5, 5.41) is 8.47. The Hall–Kier alpha value is -1.98. The average Bonchev–Trinajstić information content (AvgIpc) is 2.58. The molecule has 0 unspecified atom stereocenters. The fourth-order valence-corrected chi connectivity index (χ4v) is 4.71. The summed E-state index contributed by atoms with van der Waals surface area (Å²) in [6.45, 7) is 0. The third kappa shape index (κ3) is 1.42. The van der Waals surface area contributed by atoms with Crippen LogP contribution < -0.4 is 0 Å². The molecule has 4 fully saturated rings. The van der Waals surface area contributed by atoms with Gasteiger partial charge in [0.1, 0.15) is 5.57 Å². The fourth-order valence-electron chi connectivity index (χ4n) is 4.71. The van der Waals surface area contributed by atoms with Gasteiger partial charge in [0.05, 0.1) is 0 Å². The quantitative estimate of drug-likeness (QED) is 0.409. The van der Waals surface area contributed by atoms with Crippen LogP contribution in [0.25, 0.3) is 0 Å². The van der Waals surface area contributed by atoms with Crippen LogP contribution in [0.1, 0.15) is 0 Å². The zero-order valence-corrected chi connectivity index (χ0v) is 13.8. The Labute approximate surface area is 161 Å². The number of carbonyl (C=O) groups is 1. The van der Waals surface area contributed by atoms with Crippen molar-refractivity contribution in [3.63, 3.8) is 0 Å². The van der Waals surface area contributed by atoms with Crippen molar-refractivity contribution in [3.8, 4) is 0 Å². The van der Waals surface area contributed by atoms with Crippen LogP contribution in [0.5, 0.6) is 0 Å². The Morgan fingerprint density at radius 2 is 0.688 bits per heavy atom. The van der Waals surface area contributed by atoms with E-state index < -0.39 is 75.6 Å². The van der Waals surface area contributed by atoms with Gasteiger partial charge in [0.2, 0.25) is 5.41 Å². The summed E-state index contributed by atoms with van der Waals surface area (Å²) in [4.78, 5) is 10.8. The molecule has 1 N–H and O–H groups in total. The lowest BCUT2D eigenvalue weighted by Crippen LogP contribution is -3.07. The first-order valence-corrected chi connectivity index (χ1v) is 7.39. The molecule has 184 valence electrons. The van der Waals surface area contributed by atoms with E-state index in [0.29, 0.717) is 0 Å². The third-order valence-electron chi connectivity index (χ3n) is 6.08. The number of hydrogen-bond donors (Lipinski definition) is 1. The molecule has 4 bridgehead atoms. The van der Waals surface area contributed by atoms with Gasteiger partial charge in [-0.2, -0.15) is 35.1 Å². The SMILES string of the molecule is O=C(O)C(=C(F)F)C12C(F)(F)C3(F)C(F)(F)C(F)(C(F)(F)C(F)(C3(F)F)C1(F)F)C2(F)F. The van der Waals surface area contributed by atoms with Gasteiger partial charge in [-0.1, -0.05) is 0 Å². The summed E-state index contributed by atoms with van der Waals surface area (Å²) in [5.41, 5.74) is -36.8. The van der Waals surface area contributed by atoms with Crippen LogP contribution in [0.3, 0.4) is 0 Å². The van der Waals surface area contributed by atoms with Gasteiger partial charge in [0.15, 0.2) is 0 Å². The molecule has 4 rings (SSSR count). The third-order valence-corrected chi connectivity index (χ3v) is 6.08. The predicted octanol–water partition coefficient (Wildman–Crippen LogP) is 5.19. The van der Waals surface area contributed by atoms with E-state index in [2.05, 4.69) is 0 Å². The van der Waals surface area contributed by atoms with Gasteiger partial charge in [0.25, 0.3) is 6.08 Å². The van der Waals surface area contributed by atoms with E-state index in [1.807, 2.05) is 0 Å². The maximum atomic E-state index is 14.7. The fraction of sp³-hybridized carbons (Fsp3) is 0.769. The largest absolute Gasteiger partial charge is 0.478 e. The highest BCUT2D eigenvalue weighted by Crippen LogP contribution is 2.91. The van der Waals surface area contributed by atoms with Gasteiger partial charge in [-0.3, -0.25) is 0 Å². The molecule has 0 spiro atoms. The van der Waals surface area contributed by atoms with Gasteiger partial charge >= 0.3 is 58.5 Å². The lowest BCUT2D eigenvalue weighted by molar-refractivity contribution is -0.606. The van der Waals surface area contributed by atoms with Crippen LogP contribution in [-0.2, 0) is 4.79 Å². The molecule has 0 aliphatic heterocycles. The van der Waals surface area contributed by atoms with Gasteiger partial charge in [-0.15, -0.1) is 0 Å². The van der Waals surface area contributed by atoms with Crippen LogP contribution in [0.4, 0.5) is 74.6 Å². The molecule has 2 nitrogen and oxygen atoms in total. The van der Waals surface area contributed by atoms with E-state index >= 15 is 0 Å².